The third-order valence-corrected chi connectivity index (χ3v) is 5.86. The maximum Gasteiger partial charge on any atom is 0.263 e. The minimum absolute atomic E-state index is 0.0892. The Balaban J connectivity index is 1.49. The number of likely N-dealkylation sites (N-methyl/N-ethyl adjacent to an activating group) is 1. The first-order valence-corrected chi connectivity index (χ1v) is 10.6. The normalized spacial score (nSPS) is 20.5. The Morgan fingerprint density at radius 1 is 1.13 bits per heavy atom. The maximum atomic E-state index is 12.6. The highest BCUT2D eigenvalue weighted by molar-refractivity contribution is 6.02. The highest BCUT2D eigenvalue weighted by atomic mass is 16.5. The topological polar surface area (TPSA) is 113 Å². The van der Waals surface area contributed by atoms with Gasteiger partial charge in [-0.05, 0) is 44.2 Å². The standard InChI is InChI=1S/C22H25N7O2/c1-23-16-6-2-3-7-17(16)27-22-28-19(18-20(30)25-12-31-21(18)29-22)26-14-8-9-15-13(11-14)5-4-10-24-15/h4-5,8-11,16-17,23H,2-3,6-7,12H2,1H3,(H,25,30)(H2,26,27,28,29). The van der Waals surface area contributed by atoms with Gasteiger partial charge in [-0.3, -0.25) is 9.78 Å². The molecular weight excluding hydrogens is 394 g/mol. The van der Waals surface area contributed by atoms with Gasteiger partial charge in [0.1, 0.15) is 5.56 Å². The summed E-state index contributed by atoms with van der Waals surface area (Å²) in [6.07, 6.45) is 6.28. The molecule has 2 aromatic heterocycles. The molecule has 4 N–H and O–H groups in total. The predicted molar refractivity (Wildman–Crippen MR) is 119 cm³/mol. The molecule has 1 aliphatic heterocycles. The zero-order chi connectivity index (χ0) is 21.2. The van der Waals surface area contributed by atoms with Gasteiger partial charge in [-0.1, -0.05) is 18.9 Å². The van der Waals surface area contributed by atoms with Crippen LogP contribution in [-0.4, -0.2) is 46.7 Å². The zero-order valence-corrected chi connectivity index (χ0v) is 17.3. The van der Waals surface area contributed by atoms with Crippen LogP contribution in [0.2, 0.25) is 0 Å². The Labute approximate surface area is 180 Å². The van der Waals surface area contributed by atoms with Crippen molar-refractivity contribution < 1.29 is 9.53 Å². The number of amides is 1. The molecule has 0 bridgehead atoms. The van der Waals surface area contributed by atoms with Gasteiger partial charge in [-0.15, -0.1) is 0 Å². The average Bonchev–Trinajstić information content (AvgIpc) is 2.79. The predicted octanol–water partition coefficient (Wildman–Crippen LogP) is 2.79. The monoisotopic (exact) mass is 419 g/mol. The summed E-state index contributed by atoms with van der Waals surface area (Å²) < 4.78 is 5.64. The second kappa shape index (κ2) is 8.35. The number of ether oxygens (including phenoxy) is 1. The van der Waals surface area contributed by atoms with Gasteiger partial charge < -0.3 is 26.0 Å². The van der Waals surface area contributed by atoms with Crippen LogP contribution in [0.4, 0.5) is 17.5 Å². The SMILES string of the molecule is CNC1CCCCC1Nc1nc(Nc2ccc3ncccc3c2)c2c(n1)OCNC2=O. The summed E-state index contributed by atoms with van der Waals surface area (Å²) in [4.78, 5) is 26.1. The van der Waals surface area contributed by atoms with Gasteiger partial charge in [-0.2, -0.15) is 9.97 Å². The Hall–Kier alpha value is -3.46. The molecule has 9 nitrogen and oxygen atoms in total. The van der Waals surface area contributed by atoms with E-state index < -0.39 is 0 Å². The van der Waals surface area contributed by atoms with Crippen LogP contribution in [-0.2, 0) is 0 Å². The van der Waals surface area contributed by atoms with Crippen molar-refractivity contribution in [1.29, 1.82) is 0 Å². The zero-order valence-electron chi connectivity index (χ0n) is 17.3. The molecule has 1 aliphatic carbocycles. The first-order chi connectivity index (χ1) is 15.2. The van der Waals surface area contributed by atoms with Crippen LogP contribution in [0.1, 0.15) is 36.0 Å². The molecule has 0 radical (unpaired) electrons. The fraction of sp³-hybridized carbons (Fsp3) is 0.364. The first kappa shape index (κ1) is 19.5. The summed E-state index contributed by atoms with van der Waals surface area (Å²) in [5.74, 6) is 0.877. The van der Waals surface area contributed by atoms with E-state index in [0.717, 1.165) is 35.9 Å². The second-order valence-electron chi connectivity index (χ2n) is 7.84. The Kier molecular flexibility index (Phi) is 5.25. The van der Waals surface area contributed by atoms with E-state index in [1.165, 1.54) is 6.42 Å². The number of hydrogen-bond donors (Lipinski definition) is 4. The molecule has 3 aromatic rings. The number of benzene rings is 1. The average molecular weight is 419 g/mol. The van der Waals surface area contributed by atoms with Crippen molar-refractivity contribution in [1.82, 2.24) is 25.6 Å². The number of nitrogens with one attached hydrogen (secondary N) is 4. The molecule has 9 heteroatoms. The number of nitrogens with zero attached hydrogens (tertiary/aromatic N) is 3. The molecule has 3 heterocycles. The fourth-order valence-corrected chi connectivity index (χ4v) is 4.27. The second-order valence-corrected chi connectivity index (χ2v) is 7.84. The van der Waals surface area contributed by atoms with E-state index in [-0.39, 0.29) is 24.6 Å². The third kappa shape index (κ3) is 3.96. The molecule has 2 unspecified atom stereocenters. The van der Waals surface area contributed by atoms with Crippen LogP contribution in [0.15, 0.2) is 36.5 Å². The summed E-state index contributed by atoms with van der Waals surface area (Å²) in [5.41, 5.74) is 2.00. The molecule has 1 aromatic carbocycles. The smallest absolute Gasteiger partial charge is 0.263 e. The number of anilines is 3. The molecule has 0 saturated heterocycles. The minimum atomic E-state index is -0.261. The maximum absolute atomic E-state index is 12.6. The van der Waals surface area contributed by atoms with Crippen LogP contribution in [0, 0.1) is 0 Å². The van der Waals surface area contributed by atoms with Gasteiger partial charge in [0.2, 0.25) is 11.8 Å². The lowest BCUT2D eigenvalue weighted by Crippen LogP contribution is -2.45. The van der Waals surface area contributed by atoms with E-state index in [0.29, 0.717) is 23.4 Å². The third-order valence-electron chi connectivity index (χ3n) is 5.86. The van der Waals surface area contributed by atoms with Gasteiger partial charge in [0.05, 0.1) is 5.52 Å². The summed E-state index contributed by atoms with van der Waals surface area (Å²) in [6.45, 7) is 0.0892. The molecule has 160 valence electrons. The number of aromatic nitrogens is 3. The first-order valence-electron chi connectivity index (χ1n) is 10.6. The van der Waals surface area contributed by atoms with Crippen LogP contribution < -0.4 is 26.0 Å². The molecule has 2 aliphatic rings. The fourth-order valence-electron chi connectivity index (χ4n) is 4.27. The van der Waals surface area contributed by atoms with Crippen molar-refractivity contribution in [2.75, 3.05) is 24.4 Å². The summed E-state index contributed by atoms with van der Waals surface area (Å²) in [5, 5.41) is 13.8. The van der Waals surface area contributed by atoms with E-state index in [4.69, 9.17) is 4.74 Å². The lowest BCUT2D eigenvalue weighted by Gasteiger charge is -2.32. The quantitative estimate of drug-likeness (QED) is 0.499. The highest BCUT2D eigenvalue weighted by Gasteiger charge is 2.29. The van der Waals surface area contributed by atoms with Crippen LogP contribution >= 0.6 is 0 Å². The largest absolute Gasteiger partial charge is 0.456 e. The number of pyridine rings is 1. The highest BCUT2D eigenvalue weighted by Crippen LogP contribution is 2.31. The van der Waals surface area contributed by atoms with Crippen molar-refractivity contribution >= 4 is 34.3 Å². The van der Waals surface area contributed by atoms with Crippen molar-refractivity contribution in [3.63, 3.8) is 0 Å². The molecule has 1 fully saturated rings. The van der Waals surface area contributed by atoms with Crippen molar-refractivity contribution in [3.05, 3.63) is 42.1 Å². The Morgan fingerprint density at radius 2 is 2.00 bits per heavy atom. The number of carbonyl (C=O) groups is 1. The molecule has 2 atom stereocenters. The van der Waals surface area contributed by atoms with E-state index in [2.05, 4.69) is 36.2 Å². The number of rotatable bonds is 5. The lowest BCUT2D eigenvalue weighted by molar-refractivity contribution is 0.0879. The van der Waals surface area contributed by atoms with Gasteiger partial charge >= 0.3 is 0 Å². The van der Waals surface area contributed by atoms with Crippen molar-refractivity contribution in [3.8, 4) is 5.88 Å². The molecule has 0 spiro atoms. The van der Waals surface area contributed by atoms with Crippen molar-refractivity contribution in [2.24, 2.45) is 0 Å². The summed E-state index contributed by atoms with van der Waals surface area (Å²) in [7, 11) is 1.98. The van der Waals surface area contributed by atoms with Gasteiger partial charge in [0.15, 0.2) is 12.5 Å². The molecule has 1 amide bonds. The Morgan fingerprint density at radius 3 is 2.87 bits per heavy atom. The van der Waals surface area contributed by atoms with Crippen molar-refractivity contribution in [2.45, 2.75) is 37.8 Å². The van der Waals surface area contributed by atoms with E-state index in [1.807, 2.05) is 37.4 Å². The minimum Gasteiger partial charge on any atom is -0.456 e. The summed E-state index contributed by atoms with van der Waals surface area (Å²) in [6, 6.07) is 10.3. The van der Waals surface area contributed by atoms with Crippen LogP contribution in [0.25, 0.3) is 10.9 Å². The molecular formula is C22H25N7O2. The number of fused-ring (bicyclic) bond motifs is 2. The molecule has 1 saturated carbocycles. The van der Waals surface area contributed by atoms with Crippen LogP contribution in [0.3, 0.4) is 0 Å². The molecule has 5 rings (SSSR count). The molecule has 31 heavy (non-hydrogen) atoms. The van der Waals surface area contributed by atoms with Gasteiger partial charge in [0, 0.05) is 29.4 Å². The number of hydrogen-bond acceptors (Lipinski definition) is 8. The summed E-state index contributed by atoms with van der Waals surface area (Å²) >= 11 is 0. The van der Waals surface area contributed by atoms with E-state index in [9.17, 15) is 4.79 Å². The van der Waals surface area contributed by atoms with E-state index in [1.54, 1.807) is 6.20 Å². The van der Waals surface area contributed by atoms with Gasteiger partial charge in [-0.25, -0.2) is 0 Å². The lowest BCUT2D eigenvalue weighted by atomic mass is 9.90. The van der Waals surface area contributed by atoms with Crippen LogP contribution in [0.5, 0.6) is 5.88 Å². The van der Waals surface area contributed by atoms with E-state index >= 15 is 0 Å². The van der Waals surface area contributed by atoms with Gasteiger partial charge in [0.25, 0.3) is 5.91 Å². The number of carbonyl (C=O) groups excluding carboxylic acids is 1. The Bertz CT molecular complexity index is 1120.